The molecule has 0 aliphatic rings. The summed E-state index contributed by atoms with van der Waals surface area (Å²) in [5.41, 5.74) is 0.449. The van der Waals surface area contributed by atoms with E-state index in [4.69, 9.17) is 26.6 Å². The summed E-state index contributed by atoms with van der Waals surface area (Å²) in [7, 11) is -5.71. The molecule has 132 valence electrons. The Balaban J connectivity index is 0. The van der Waals surface area contributed by atoms with Crippen molar-refractivity contribution in [1.29, 1.82) is 0 Å². The standard InChI is InChI=1S/C13H32O6Si2.Ti/c1-7-14-20(15-8-2,16-9-3)13-21(17-10-4,18-11-5)19-12-6;/h7-13H2,1-6H3;. The average Bonchev–Trinajstić information content (AvgIpc) is 2.40. The molecule has 0 aromatic heterocycles. The second-order valence-electron chi connectivity index (χ2n) is 4.14. The van der Waals surface area contributed by atoms with Crippen LogP contribution in [0.4, 0.5) is 0 Å². The monoisotopic (exact) mass is 388 g/mol. The van der Waals surface area contributed by atoms with Gasteiger partial charge in [-0.15, -0.1) is 0 Å². The van der Waals surface area contributed by atoms with Gasteiger partial charge in [0.05, 0.1) is 5.67 Å². The Kier molecular flexibility index (Phi) is 16.3. The molecule has 0 amide bonds. The minimum atomic E-state index is -2.86. The Labute approximate surface area is 152 Å². The molecule has 0 bridgehead atoms. The van der Waals surface area contributed by atoms with Gasteiger partial charge in [-0.25, -0.2) is 0 Å². The molecular weight excluding hydrogens is 356 g/mol. The molecule has 0 fully saturated rings. The number of hydrogen-bond donors (Lipinski definition) is 0. The van der Waals surface area contributed by atoms with Gasteiger partial charge in [0.1, 0.15) is 0 Å². The minimum absolute atomic E-state index is 0. The number of hydrogen-bond acceptors (Lipinski definition) is 6. The van der Waals surface area contributed by atoms with E-state index in [1.807, 2.05) is 41.5 Å². The molecule has 0 rings (SSSR count). The normalized spacial score (nSPS) is 12.3. The van der Waals surface area contributed by atoms with E-state index < -0.39 is 17.6 Å². The SMILES string of the molecule is CCO[Si](C[Si](OCC)(OCC)OCC)(OCC)OCC.[Ti]. The molecule has 22 heavy (non-hydrogen) atoms. The average molecular weight is 388 g/mol. The third-order valence-corrected chi connectivity index (χ3v) is 10.5. The third-order valence-electron chi connectivity index (χ3n) is 2.62. The molecule has 0 atom stereocenters. The van der Waals surface area contributed by atoms with Crippen LogP contribution in [0, 0.1) is 0 Å². The third kappa shape index (κ3) is 8.67. The quantitative estimate of drug-likeness (QED) is 0.427. The second kappa shape index (κ2) is 14.3. The molecular formula is C13H32O6Si2Ti. The van der Waals surface area contributed by atoms with Crippen molar-refractivity contribution in [3.8, 4) is 0 Å². The van der Waals surface area contributed by atoms with E-state index in [2.05, 4.69) is 0 Å². The Morgan fingerprint density at radius 2 is 0.636 bits per heavy atom. The van der Waals surface area contributed by atoms with E-state index >= 15 is 0 Å². The molecule has 0 radical (unpaired) electrons. The van der Waals surface area contributed by atoms with Crippen LogP contribution in [0.25, 0.3) is 0 Å². The minimum Gasteiger partial charge on any atom is -0.374 e. The number of rotatable bonds is 14. The van der Waals surface area contributed by atoms with Crippen molar-refractivity contribution in [3.05, 3.63) is 0 Å². The summed E-state index contributed by atoms with van der Waals surface area (Å²) < 4.78 is 35.4. The van der Waals surface area contributed by atoms with Crippen LogP contribution < -0.4 is 0 Å². The summed E-state index contributed by atoms with van der Waals surface area (Å²) in [5.74, 6) is 0. The smallest absolute Gasteiger partial charge is 0.374 e. The first-order valence-corrected chi connectivity index (χ1v) is 11.8. The van der Waals surface area contributed by atoms with Crippen molar-refractivity contribution in [3.63, 3.8) is 0 Å². The summed E-state index contributed by atoms with van der Waals surface area (Å²) in [4.78, 5) is 0. The van der Waals surface area contributed by atoms with E-state index in [0.29, 0.717) is 45.3 Å². The van der Waals surface area contributed by atoms with Crippen molar-refractivity contribution < 1.29 is 48.3 Å². The predicted octanol–water partition coefficient (Wildman–Crippen LogP) is 2.62. The zero-order valence-corrected chi connectivity index (χ0v) is 18.5. The first kappa shape index (κ1) is 25.2. The van der Waals surface area contributed by atoms with E-state index in [1.165, 1.54) is 0 Å². The molecule has 0 aromatic rings. The van der Waals surface area contributed by atoms with Crippen LogP contribution in [-0.4, -0.2) is 57.3 Å². The Hall–Kier alpha value is 0.908. The van der Waals surface area contributed by atoms with Crippen LogP contribution in [-0.2, 0) is 48.3 Å². The molecule has 0 unspecified atom stereocenters. The van der Waals surface area contributed by atoms with Gasteiger partial charge in [0, 0.05) is 61.4 Å². The topological polar surface area (TPSA) is 55.4 Å². The molecule has 0 aliphatic heterocycles. The predicted molar refractivity (Wildman–Crippen MR) is 86.1 cm³/mol. The molecule has 0 heterocycles. The zero-order chi connectivity index (χ0) is 16.2. The van der Waals surface area contributed by atoms with E-state index in [9.17, 15) is 0 Å². The summed E-state index contributed by atoms with van der Waals surface area (Å²) in [5, 5.41) is 0. The van der Waals surface area contributed by atoms with E-state index in [1.54, 1.807) is 0 Å². The van der Waals surface area contributed by atoms with Crippen LogP contribution in [0.2, 0.25) is 5.67 Å². The van der Waals surface area contributed by atoms with Crippen molar-refractivity contribution in [2.45, 2.75) is 47.2 Å². The Morgan fingerprint density at radius 3 is 0.773 bits per heavy atom. The van der Waals surface area contributed by atoms with Crippen molar-refractivity contribution in [2.75, 3.05) is 39.6 Å². The molecule has 0 aliphatic carbocycles. The summed E-state index contributed by atoms with van der Waals surface area (Å²) >= 11 is 0. The second-order valence-corrected chi connectivity index (χ2v) is 10.0. The summed E-state index contributed by atoms with van der Waals surface area (Å²) in [6.07, 6.45) is 0. The van der Waals surface area contributed by atoms with Gasteiger partial charge in [-0.3, -0.25) is 0 Å². The van der Waals surface area contributed by atoms with Crippen LogP contribution >= 0.6 is 0 Å². The Bertz CT molecular complexity index is 203. The first-order chi connectivity index (χ1) is 10.1. The van der Waals surface area contributed by atoms with E-state index in [0.717, 1.165) is 0 Å². The maximum atomic E-state index is 5.89. The molecule has 6 nitrogen and oxygen atoms in total. The fraction of sp³-hybridized carbons (Fsp3) is 1.00. The summed E-state index contributed by atoms with van der Waals surface area (Å²) in [6, 6.07) is 0. The van der Waals surface area contributed by atoms with E-state index in [-0.39, 0.29) is 21.7 Å². The maximum Gasteiger partial charge on any atom is 0.505 e. The van der Waals surface area contributed by atoms with Gasteiger partial charge in [0.25, 0.3) is 0 Å². The van der Waals surface area contributed by atoms with Gasteiger partial charge in [-0.05, 0) is 41.5 Å². The zero-order valence-electron chi connectivity index (χ0n) is 14.9. The fourth-order valence-corrected chi connectivity index (χ4v) is 9.85. The van der Waals surface area contributed by atoms with Gasteiger partial charge in [-0.2, -0.15) is 0 Å². The van der Waals surface area contributed by atoms with Gasteiger partial charge < -0.3 is 26.6 Å². The van der Waals surface area contributed by atoms with Crippen LogP contribution in [0.15, 0.2) is 0 Å². The van der Waals surface area contributed by atoms with Crippen molar-refractivity contribution >= 4 is 17.6 Å². The van der Waals surface area contributed by atoms with Crippen LogP contribution in [0.5, 0.6) is 0 Å². The van der Waals surface area contributed by atoms with Gasteiger partial charge in [-0.1, -0.05) is 0 Å². The molecule has 0 saturated carbocycles. The van der Waals surface area contributed by atoms with Gasteiger partial charge in [0.15, 0.2) is 0 Å². The largest absolute Gasteiger partial charge is 0.505 e. The van der Waals surface area contributed by atoms with Gasteiger partial charge in [0.2, 0.25) is 0 Å². The molecule has 0 spiro atoms. The molecule has 9 heteroatoms. The van der Waals surface area contributed by atoms with Crippen LogP contribution in [0.1, 0.15) is 41.5 Å². The maximum absolute atomic E-state index is 5.89. The van der Waals surface area contributed by atoms with Crippen LogP contribution in [0.3, 0.4) is 0 Å². The van der Waals surface area contributed by atoms with Crippen molar-refractivity contribution in [1.82, 2.24) is 0 Å². The molecule has 0 aromatic carbocycles. The Morgan fingerprint density at radius 1 is 0.455 bits per heavy atom. The summed E-state index contributed by atoms with van der Waals surface area (Å²) in [6.45, 7) is 14.8. The fourth-order valence-electron chi connectivity index (χ4n) is 2.14. The van der Waals surface area contributed by atoms with Gasteiger partial charge >= 0.3 is 17.6 Å². The molecule has 0 saturated heterocycles. The first-order valence-electron chi connectivity index (χ1n) is 7.91. The molecule has 0 N–H and O–H groups in total. The van der Waals surface area contributed by atoms with Crippen molar-refractivity contribution in [2.24, 2.45) is 0 Å².